The Morgan fingerprint density at radius 2 is 1.67 bits per heavy atom. The van der Waals surface area contributed by atoms with Crippen LogP contribution in [0.2, 0.25) is 0 Å². The Morgan fingerprint density at radius 3 is 2.16 bits per heavy atom. The van der Waals surface area contributed by atoms with Gasteiger partial charge in [-0.3, -0.25) is 4.79 Å². The van der Waals surface area contributed by atoms with Gasteiger partial charge in [0.15, 0.2) is 0 Å². The highest BCUT2D eigenvalue weighted by molar-refractivity contribution is 5.55. The van der Waals surface area contributed by atoms with Gasteiger partial charge in [0.25, 0.3) is 0 Å². The fraction of sp³-hybridized carbons (Fsp3) is 0.535. The summed E-state index contributed by atoms with van der Waals surface area (Å²) in [7, 11) is 2.93. The molecular formula is C43H72N2O4. The highest BCUT2D eigenvalue weighted by Crippen LogP contribution is 2.27. The van der Waals surface area contributed by atoms with Crippen molar-refractivity contribution in [2.75, 3.05) is 26.0 Å². The van der Waals surface area contributed by atoms with Crippen LogP contribution in [0.4, 0.5) is 5.69 Å². The average Bonchev–Trinajstić information content (AvgIpc) is 3.13. The third-order valence-corrected chi connectivity index (χ3v) is 7.89. The number of aliphatic hydroxyl groups is 1. The molecule has 6 heteroatoms. The predicted octanol–water partition coefficient (Wildman–Crippen LogP) is 11.2. The van der Waals surface area contributed by atoms with Crippen LogP contribution in [-0.4, -0.2) is 49.5 Å². The maximum Gasteiger partial charge on any atom is 0.214 e. The second-order valence-corrected chi connectivity index (χ2v) is 11.4. The van der Waals surface area contributed by atoms with E-state index in [-0.39, 0.29) is 6.10 Å². The van der Waals surface area contributed by atoms with Crippen molar-refractivity contribution in [3.05, 3.63) is 102 Å². The number of nitrogens with zero attached hydrogens (tertiary/aromatic N) is 1. The lowest BCUT2D eigenvalue weighted by molar-refractivity contribution is -0.119. The fourth-order valence-electron chi connectivity index (χ4n) is 5.11. The van der Waals surface area contributed by atoms with E-state index >= 15 is 0 Å². The number of carbonyl (C=O) groups excluding carboxylic acids is 2. The van der Waals surface area contributed by atoms with Gasteiger partial charge in [-0.25, -0.2) is 0 Å². The lowest BCUT2D eigenvalue weighted by atomic mass is 9.86. The summed E-state index contributed by atoms with van der Waals surface area (Å²) in [6.07, 6.45) is 18.9. The molecule has 0 fully saturated rings. The minimum absolute atomic E-state index is 0.0529. The number of amides is 1. The van der Waals surface area contributed by atoms with E-state index in [0.717, 1.165) is 80.9 Å². The zero-order chi connectivity index (χ0) is 38.2. The molecule has 1 aliphatic rings. The van der Waals surface area contributed by atoms with Crippen molar-refractivity contribution in [3.8, 4) is 0 Å². The zero-order valence-electron chi connectivity index (χ0n) is 33.3. The monoisotopic (exact) mass is 681 g/mol. The average molecular weight is 681 g/mol. The number of rotatable bonds is 17. The molecular weight excluding hydrogens is 608 g/mol. The first-order chi connectivity index (χ1) is 23.6. The van der Waals surface area contributed by atoms with Gasteiger partial charge in [0, 0.05) is 26.3 Å². The van der Waals surface area contributed by atoms with Crippen molar-refractivity contribution >= 4 is 18.4 Å². The summed E-state index contributed by atoms with van der Waals surface area (Å²) in [6.45, 7) is 29.3. The molecule has 49 heavy (non-hydrogen) atoms. The number of benzene rings is 1. The Kier molecular flexibility index (Phi) is 33.4. The van der Waals surface area contributed by atoms with E-state index in [2.05, 4.69) is 70.5 Å². The molecule has 0 saturated carbocycles. The summed E-state index contributed by atoms with van der Waals surface area (Å²) in [5.74, 6) is 1.62. The maximum atomic E-state index is 11.6. The van der Waals surface area contributed by atoms with Gasteiger partial charge in [-0.05, 0) is 92.7 Å². The molecule has 6 nitrogen and oxygen atoms in total. The van der Waals surface area contributed by atoms with Crippen LogP contribution in [0.1, 0.15) is 113 Å². The van der Waals surface area contributed by atoms with Crippen molar-refractivity contribution in [3.63, 3.8) is 0 Å². The Bertz CT molecular complexity index is 1160. The molecule has 2 N–H and O–H groups in total. The quantitative estimate of drug-likeness (QED) is 0.126. The van der Waals surface area contributed by atoms with Crippen LogP contribution in [0.5, 0.6) is 0 Å². The van der Waals surface area contributed by atoms with Gasteiger partial charge in [-0.2, -0.15) is 0 Å². The molecule has 1 aromatic carbocycles. The topological polar surface area (TPSA) is 78.9 Å². The third kappa shape index (κ3) is 21.1. The molecule has 278 valence electrons. The van der Waals surface area contributed by atoms with Crippen LogP contribution >= 0.6 is 0 Å². The van der Waals surface area contributed by atoms with E-state index in [1.54, 1.807) is 4.90 Å². The number of allylic oxidation sites excluding steroid dienone is 9. The first-order valence-corrected chi connectivity index (χ1v) is 18.2. The number of hydrogen-bond acceptors (Lipinski definition) is 5. The highest BCUT2D eigenvalue weighted by Gasteiger charge is 2.24. The Labute approximate surface area is 301 Å². The van der Waals surface area contributed by atoms with E-state index in [1.807, 2.05) is 79.0 Å². The van der Waals surface area contributed by atoms with E-state index < -0.39 is 0 Å². The van der Waals surface area contributed by atoms with Crippen molar-refractivity contribution in [1.82, 2.24) is 4.90 Å². The molecule has 1 aromatic rings. The number of nitrogens with one attached hydrogen (secondary N) is 1. The normalized spacial score (nSPS) is 15.3. The molecule has 0 bridgehead atoms. The van der Waals surface area contributed by atoms with E-state index in [9.17, 15) is 9.59 Å². The number of ether oxygens (including phenoxy) is 1. The van der Waals surface area contributed by atoms with Crippen LogP contribution in [-0.2, 0) is 14.3 Å². The molecule has 3 atom stereocenters. The molecule has 0 spiro atoms. The molecule has 0 aromatic heterocycles. The summed E-state index contributed by atoms with van der Waals surface area (Å²) in [6, 6.07) is 8.22. The summed E-state index contributed by atoms with van der Waals surface area (Å²) < 4.78 is 6.01. The Balaban J connectivity index is -0.00000118. The lowest BCUT2D eigenvalue weighted by Gasteiger charge is -2.32. The summed E-state index contributed by atoms with van der Waals surface area (Å²) in [5, 5.41) is 10.1. The van der Waals surface area contributed by atoms with Crippen LogP contribution in [0.25, 0.3) is 0 Å². The van der Waals surface area contributed by atoms with Gasteiger partial charge in [0.2, 0.25) is 6.41 Å². The minimum Gasteiger partial charge on any atom is -0.491 e. The van der Waals surface area contributed by atoms with Gasteiger partial charge in [0.05, 0.1) is 12.2 Å². The summed E-state index contributed by atoms with van der Waals surface area (Å²) in [5.41, 5.74) is 6.44. The smallest absolute Gasteiger partial charge is 0.214 e. The van der Waals surface area contributed by atoms with Crippen LogP contribution in [0, 0.1) is 18.8 Å². The van der Waals surface area contributed by atoms with Crippen molar-refractivity contribution in [2.45, 2.75) is 120 Å². The maximum absolute atomic E-state index is 11.6. The largest absolute Gasteiger partial charge is 0.491 e. The molecule has 2 unspecified atom stereocenters. The highest BCUT2D eigenvalue weighted by atomic mass is 16.5. The fourth-order valence-corrected chi connectivity index (χ4v) is 5.11. The second kappa shape index (κ2) is 32.9. The van der Waals surface area contributed by atoms with Gasteiger partial charge in [0.1, 0.15) is 18.1 Å². The molecule has 1 amide bonds. The zero-order valence-corrected chi connectivity index (χ0v) is 33.3. The second-order valence-electron chi connectivity index (χ2n) is 11.4. The first-order valence-electron chi connectivity index (χ1n) is 18.2. The number of carbonyl (C=O) groups is 2. The van der Waals surface area contributed by atoms with Gasteiger partial charge in [-0.15, -0.1) is 0 Å². The van der Waals surface area contributed by atoms with E-state index in [0.29, 0.717) is 24.8 Å². The van der Waals surface area contributed by atoms with Crippen molar-refractivity contribution in [1.29, 1.82) is 0 Å². The van der Waals surface area contributed by atoms with E-state index in [4.69, 9.17) is 9.84 Å². The molecule has 2 rings (SSSR count). The van der Waals surface area contributed by atoms with Crippen molar-refractivity contribution < 1.29 is 19.4 Å². The van der Waals surface area contributed by atoms with Crippen LogP contribution < -0.4 is 5.32 Å². The SMILES string of the molecule is C=C/C(=C\C=C(/C)C(=C)/C=C\C1=C(C)OC(CCC)CN1C=O)C(CCC)CC[C@@H](C)CC=O.CC.CC.CNc1ccccc1C.CO. The molecule has 0 saturated heterocycles. The number of aldehydes is 1. The summed E-state index contributed by atoms with van der Waals surface area (Å²) in [4.78, 5) is 24.1. The number of aliphatic hydroxyl groups excluding tert-OH is 1. The molecule has 0 aliphatic carbocycles. The van der Waals surface area contributed by atoms with Gasteiger partial charge >= 0.3 is 0 Å². The van der Waals surface area contributed by atoms with Gasteiger partial charge in [-0.1, -0.05) is 117 Å². The van der Waals surface area contributed by atoms with Crippen LogP contribution in [0.3, 0.4) is 0 Å². The summed E-state index contributed by atoms with van der Waals surface area (Å²) >= 11 is 0. The van der Waals surface area contributed by atoms with Gasteiger partial charge < -0.3 is 24.9 Å². The van der Waals surface area contributed by atoms with Crippen molar-refractivity contribution in [2.24, 2.45) is 11.8 Å². The lowest BCUT2D eigenvalue weighted by Crippen LogP contribution is -2.37. The van der Waals surface area contributed by atoms with Crippen LogP contribution in [0.15, 0.2) is 96.0 Å². The standard InChI is InChI=1S/C30H45NO3.C8H11N.2C2H6.CH4O/c1-8-11-28(16-13-23(4)19-20-32)27(10-3)17-14-24(5)25(6)15-18-30-26(7)34-29(12-9-2)21-31(30)22-33;1-7-5-3-4-6-8(7)9-2;3*1-2/h10,14-15,17-18,20,22-23,28-29H,3,6,8-9,11-13,16,19,21H2,1-2,4-5,7H3;3-6,9H,1-2H3;2*1-2H3;2H,1H3/b18-15-,24-14+,27-17+;;;;/t23-,28?,29?;;;;/m1..../s1. The number of hydrogen-bond donors (Lipinski definition) is 2. The number of anilines is 1. The molecule has 1 aliphatic heterocycles. The minimum atomic E-state index is 0.0529. The third-order valence-electron chi connectivity index (χ3n) is 7.89. The number of para-hydroxylation sites is 1. The Hall–Kier alpha value is -3.64. The first kappa shape index (κ1) is 49.7. The molecule has 1 heterocycles. The number of aryl methyl sites for hydroxylation is 1. The Morgan fingerprint density at radius 1 is 1.04 bits per heavy atom. The van der Waals surface area contributed by atoms with E-state index in [1.165, 1.54) is 16.8 Å². The molecule has 0 radical (unpaired) electrons. The predicted molar refractivity (Wildman–Crippen MR) is 215 cm³/mol.